The lowest BCUT2D eigenvalue weighted by Gasteiger charge is -2.13. The van der Waals surface area contributed by atoms with Crippen molar-refractivity contribution in [1.29, 1.82) is 5.26 Å². The number of thioether (sulfide) groups is 1. The van der Waals surface area contributed by atoms with Crippen LogP contribution < -0.4 is 0 Å². The van der Waals surface area contributed by atoms with Crippen LogP contribution in [0.5, 0.6) is 0 Å². The Morgan fingerprint density at radius 3 is 2.58 bits per heavy atom. The molecule has 0 bridgehead atoms. The zero-order chi connectivity index (χ0) is 9.40. The van der Waals surface area contributed by atoms with E-state index in [1.54, 1.807) is 11.8 Å². The van der Waals surface area contributed by atoms with Gasteiger partial charge >= 0.3 is 0 Å². The van der Waals surface area contributed by atoms with Crippen molar-refractivity contribution in [3.8, 4) is 6.07 Å². The Hall–Kier alpha value is -0.200. The Bertz CT molecular complexity index is 142. The Morgan fingerprint density at radius 1 is 1.42 bits per heavy atom. The smallest absolute Gasteiger partial charge is 0.0627 e. The van der Waals surface area contributed by atoms with Crippen LogP contribution in [0.25, 0.3) is 0 Å². The average molecular weight is 187 g/mol. The molecule has 0 aliphatic heterocycles. The maximum absolute atomic E-state index is 9.15. The number of unbranched alkanes of at least 4 members (excludes halogenated alkanes) is 2. The van der Waals surface area contributed by atoms with Crippen molar-refractivity contribution in [2.24, 2.45) is 0 Å². The molecule has 2 unspecified atom stereocenters. The van der Waals surface area contributed by atoms with Crippen LogP contribution in [0, 0.1) is 11.3 Å². The van der Waals surface area contributed by atoms with Gasteiger partial charge in [-0.05, 0) is 25.5 Å². The monoisotopic (exact) mass is 187 g/mol. The Morgan fingerprint density at radius 2 is 2.08 bits per heavy atom. The van der Waals surface area contributed by atoms with Gasteiger partial charge in [0.25, 0.3) is 0 Å². The van der Waals surface area contributed by atoms with Crippen LogP contribution >= 0.6 is 11.8 Å². The van der Waals surface area contributed by atoms with Crippen molar-refractivity contribution in [3.63, 3.8) is 0 Å². The van der Waals surface area contributed by atoms with Gasteiger partial charge in [-0.15, -0.1) is 0 Å². The van der Waals surface area contributed by atoms with E-state index in [1.165, 1.54) is 0 Å². The molecule has 0 fully saturated rings. The van der Waals surface area contributed by atoms with Gasteiger partial charge in [-0.3, -0.25) is 0 Å². The van der Waals surface area contributed by atoms with Crippen LogP contribution in [-0.4, -0.2) is 22.2 Å². The number of hydrogen-bond acceptors (Lipinski definition) is 3. The molecule has 0 saturated heterocycles. The molecular weight excluding hydrogens is 170 g/mol. The van der Waals surface area contributed by atoms with E-state index >= 15 is 0 Å². The number of hydrogen-bond donors (Lipinski definition) is 1. The number of aliphatic hydroxyl groups is 1. The van der Waals surface area contributed by atoms with E-state index in [-0.39, 0.29) is 6.10 Å². The van der Waals surface area contributed by atoms with Crippen LogP contribution in [0.2, 0.25) is 0 Å². The lowest BCUT2D eigenvalue weighted by atomic mass is 10.3. The molecule has 0 amide bonds. The van der Waals surface area contributed by atoms with Crippen LogP contribution in [0.15, 0.2) is 0 Å². The Kier molecular flexibility index (Phi) is 7.33. The zero-order valence-electron chi connectivity index (χ0n) is 7.79. The van der Waals surface area contributed by atoms with Gasteiger partial charge in [-0.1, -0.05) is 6.92 Å². The van der Waals surface area contributed by atoms with Gasteiger partial charge in [0.1, 0.15) is 0 Å². The van der Waals surface area contributed by atoms with Gasteiger partial charge in [0, 0.05) is 11.7 Å². The molecule has 0 rings (SSSR count). The van der Waals surface area contributed by atoms with Crippen LogP contribution in [0.1, 0.15) is 33.1 Å². The lowest BCUT2D eigenvalue weighted by Crippen LogP contribution is -2.15. The predicted octanol–water partition coefficient (Wildman–Crippen LogP) is 2.18. The van der Waals surface area contributed by atoms with E-state index in [2.05, 4.69) is 6.07 Å². The van der Waals surface area contributed by atoms with Gasteiger partial charge in [0.2, 0.25) is 0 Å². The van der Waals surface area contributed by atoms with E-state index in [1.807, 2.05) is 13.8 Å². The molecule has 0 aromatic heterocycles. The summed E-state index contributed by atoms with van der Waals surface area (Å²) >= 11 is 1.78. The predicted molar refractivity (Wildman–Crippen MR) is 53.1 cm³/mol. The first-order valence-electron chi connectivity index (χ1n) is 4.35. The molecule has 0 aromatic rings. The fourth-order valence-electron chi connectivity index (χ4n) is 0.715. The first-order chi connectivity index (χ1) is 5.68. The quantitative estimate of drug-likeness (QED) is 0.648. The summed E-state index contributed by atoms with van der Waals surface area (Å²) in [5.41, 5.74) is 0. The third-order valence-electron chi connectivity index (χ3n) is 1.74. The summed E-state index contributed by atoms with van der Waals surface area (Å²) in [5, 5.41) is 17.7. The molecule has 70 valence electrons. The topological polar surface area (TPSA) is 44.0 Å². The third-order valence-corrected chi connectivity index (χ3v) is 3.19. The summed E-state index contributed by atoms with van der Waals surface area (Å²) < 4.78 is 0. The molecule has 0 aromatic carbocycles. The van der Waals surface area contributed by atoms with E-state index < -0.39 is 0 Å². The molecule has 0 saturated carbocycles. The minimum absolute atomic E-state index is 0.231. The fraction of sp³-hybridized carbons (Fsp3) is 0.889. The standard InChI is InChI=1S/C9H17NOS/c1-8(11)9(2)12-7-5-3-4-6-10/h8-9,11H,3-5,7H2,1-2H3. The van der Waals surface area contributed by atoms with Gasteiger partial charge in [-0.2, -0.15) is 17.0 Å². The van der Waals surface area contributed by atoms with Crippen molar-refractivity contribution in [3.05, 3.63) is 0 Å². The molecule has 0 radical (unpaired) electrons. The minimum Gasteiger partial charge on any atom is -0.392 e. The Labute approximate surface area is 79.0 Å². The Balaban J connectivity index is 3.15. The second-order valence-electron chi connectivity index (χ2n) is 2.93. The molecule has 3 heteroatoms. The highest BCUT2D eigenvalue weighted by molar-refractivity contribution is 7.99. The highest BCUT2D eigenvalue weighted by atomic mass is 32.2. The molecule has 2 atom stereocenters. The fourth-order valence-corrected chi connectivity index (χ4v) is 1.74. The summed E-state index contributed by atoms with van der Waals surface area (Å²) in [4.78, 5) is 0. The van der Waals surface area contributed by atoms with Crippen LogP contribution in [-0.2, 0) is 0 Å². The lowest BCUT2D eigenvalue weighted by molar-refractivity contribution is 0.196. The third kappa shape index (κ3) is 6.51. The molecular formula is C9H17NOS. The summed E-state index contributed by atoms with van der Waals surface area (Å²) in [6, 6.07) is 2.12. The average Bonchev–Trinajstić information content (AvgIpc) is 2.03. The van der Waals surface area contributed by atoms with Gasteiger partial charge in [0.05, 0.1) is 12.2 Å². The summed E-state index contributed by atoms with van der Waals surface area (Å²) in [6.07, 6.45) is 2.49. The first kappa shape index (κ1) is 11.8. The number of nitriles is 1. The van der Waals surface area contributed by atoms with Crippen molar-refractivity contribution < 1.29 is 5.11 Å². The van der Waals surface area contributed by atoms with Gasteiger partial charge in [-0.25, -0.2) is 0 Å². The van der Waals surface area contributed by atoms with Gasteiger partial charge in [0.15, 0.2) is 0 Å². The van der Waals surface area contributed by atoms with Gasteiger partial charge < -0.3 is 5.11 Å². The van der Waals surface area contributed by atoms with Crippen LogP contribution in [0.4, 0.5) is 0 Å². The van der Waals surface area contributed by atoms with Crippen LogP contribution in [0.3, 0.4) is 0 Å². The van der Waals surface area contributed by atoms with E-state index in [0.29, 0.717) is 11.7 Å². The molecule has 1 N–H and O–H groups in total. The molecule has 0 aliphatic rings. The summed E-state index contributed by atoms with van der Waals surface area (Å²) in [5.74, 6) is 1.05. The highest BCUT2D eigenvalue weighted by Gasteiger charge is 2.07. The van der Waals surface area contributed by atoms with Crippen molar-refractivity contribution in [1.82, 2.24) is 0 Å². The highest BCUT2D eigenvalue weighted by Crippen LogP contribution is 2.15. The summed E-state index contributed by atoms with van der Waals surface area (Å²) in [7, 11) is 0. The molecule has 12 heavy (non-hydrogen) atoms. The van der Waals surface area contributed by atoms with Crippen molar-refractivity contribution >= 4 is 11.8 Å². The second-order valence-corrected chi connectivity index (χ2v) is 4.42. The molecule has 0 spiro atoms. The van der Waals surface area contributed by atoms with Crippen molar-refractivity contribution in [2.45, 2.75) is 44.5 Å². The zero-order valence-corrected chi connectivity index (χ0v) is 8.60. The second kappa shape index (κ2) is 7.45. The molecule has 0 heterocycles. The van der Waals surface area contributed by atoms with E-state index in [0.717, 1.165) is 18.6 Å². The SMILES string of the molecule is CC(O)C(C)SCCCCC#N. The van der Waals surface area contributed by atoms with E-state index in [9.17, 15) is 0 Å². The maximum Gasteiger partial charge on any atom is 0.0627 e. The number of rotatable bonds is 6. The summed E-state index contributed by atoms with van der Waals surface area (Å²) in [6.45, 7) is 3.84. The molecule has 2 nitrogen and oxygen atoms in total. The first-order valence-corrected chi connectivity index (χ1v) is 5.40. The van der Waals surface area contributed by atoms with Crippen molar-refractivity contribution in [2.75, 3.05) is 5.75 Å². The number of nitrogens with zero attached hydrogens (tertiary/aromatic N) is 1. The van der Waals surface area contributed by atoms with E-state index in [4.69, 9.17) is 10.4 Å². The largest absolute Gasteiger partial charge is 0.392 e. The maximum atomic E-state index is 9.15. The number of aliphatic hydroxyl groups excluding tert-OH is 1. The minimum atomic E-state index is -0.231. The normalized spacial score (nSPS) is 15.2. The molecule has 0 aliphatic carbocycles.